The highest BCUT2D eigenvalue weighted by Crippen LogP contribution is 2.38. The summed E-state index contributed by atoms with van der Waals surface area (Å²) in [5.74, 6) is 0.973. The monoisotopic (exact) mass is 390 g/mol. The van der Waals surface area contributed by atoms with E-state index in [-0.39, 0.29) is 5.69 Å². The van der Waals surface area contributed by atoms with E-state index in [0.717, 1.165) is 23.0 Å². The molecule has 6 nitrogen and oxygen atoms in total. The Balaban J connectivity index is 1.80. The largest absolute Gasteiger partial charge is 0.346 e. The first-order chi connectivity index (χ1) is 12.5. The van der Waals surface area contributed by atoms with E-state index in [1.807, 2.05) is 28.8 Å². The van der Waals surface area contributed by atoms with Crippen LogP contribution in [-0.4, -0.2) is 38.6 Å². The molecule has 1 N–H and O–H groups in total. The van der Waals surface area contributed by atoms with Crippen LogP contribution in [0.2, 0.25) is 5.02 Å². The zero-order valence-electron chi connectivity index (χ0n) is 13.8. The molecule has 0 amide bonds. The molecule has 2 aromatic rings. The van der Waals surface area contributed by atoms with E-state index in [1.54, 1.807) is 23.9 Å². The number of anilines is 1. The van der Waals surface area contributed by atoms with Crippen molar-refractivity contribution in [2.75, 3.05) is 23.7 Å². The number of benzene rings is 2. The number of aliphatic hydroxyl groups is 1. The summed E-state index contributed by atoms with van der Waals surface area (Å²) in [7, 11) is 0. The lowest BCUT2D eigenvalue weighted by Crippen LogP contribution is -2.41. The van der Waals surface area contributed by atoms with E-state index in [1.165, 1.54) is 12.1 Å². The van der Waals surface area contributed by atoms with Gasteiger partial charge in [-0.1, -0.05) is 23.7 Å². The molecule has 1 unspecified atom stereocenters. The first kappa shape index (κ1) is 17.3. The molecule has 2 aliphatic rings. The standard InChI is InChI=1S/C18H17ClN3O3S/c19-14-5-7-15(8-6-14)20-12-18(23,21-9-2-10-26-17(20)21)13-3-1-4-16(11-13)22(24)25/h1,3-8,11,23H,2,9-10,12H2/q+1. The molecule has 2 heterocycles. The van der Waals surface area contributed by atoms with Crippen LogP contribution in [0.25, 0.3) is 0 Å². The number of β-amino-alcohol motifs (C(OH)–C–C–N with tert-alkyl or cyclic N) is 1. The fraction of sp³-hybridized carbons (Fsp3) is 0.278. The molecular weight excluding hydrogens is 374 g/mol. The number of halogens is 1. The number of hydrogen-bond acceptors (Lipinski definition) is 5. The number of amidine groups is 1. The van der Waals surface area contributed by atoms with Crippen LogP contribution < -0.4 is 4.90 Å². The summed E-state index contributed by atoms with van der Waals surface area (Å²) >= 11 is 7.69. The Labute approximate surface area is 159 Å². The van der Waals surface area contributed by atoms with Gasteiger partial charge >= 0.3 is 5.17 Å². The molecule has 0 bridgehead atoms. The average molecular weight is 391 g/mol. The van der Waals surface area contributed by atoms with E-state index in [2.05, 4.69) is 4.90 Å². The molecule has 2 aromatic carbocycles. The van der Waals surface area contributed by atoms with Gasteiger partial charge in [-0.05, 0) is 42.4 Å². The Bertz CT molecular complexity index is 903. The third kappa shape index (κ3) is 2.86. The van der Waals surface area contributed by atoms with Crippen molar-refractivity contribution in [3.8, 4) is 0 Å². The van der Waals surface area contributed by atoms with Gasteiger partial charge in [0, 0.05) is 28.5 Å². The first-order valence-corrected chi connectivity index (χ1v) is 9.63. The smallest absolute Gasteiger partial charge is 0.316 e. The Morgan fingerprint density at radius 2 is 2.04 bits per heavy atom. The Hall–Kier alpha value is -2.09. The summed E-state index contributed by atoms with van der Waals surface area (Å²) < 4.78 is 1.95. The van der Waals surface area contributed by atoms with E-state index in [9.17, 15) is 15.2 Å². The predicted molar refractivity (Wildman–Crippen MR) is 103 cm³/mol. The molecule has 8 heteroatoms. The molecule has 26 heavy (non-hydrogen) atoms. The number of rotatable bonds is 3. The molecule has 134 valence electrons. The Kier molecular flexibility index (Phi) is 4.38. The zero-order valence-corrected chi connectivity index (χ0v) is 15.4. The van der Waals surface area contributed by atoms with Gasteiger partial charge in [0.1, 0.15) is 5.69 Å². The summed E-state index contributed by atoms with van der Waals surface area (Å²) in [5.41, 5.74) is 0.134. The molecule has 1 atom stereocenters. The van der Waals surface area contributed by atoms with E-state index in [4.69, 9.17) is 11.6 Å². The van der Waals surface area contributed by atoms with Crippen molar-refractivity contribution in [3.05, 3.63) is 69.2 Å². The number of nitro groups is 1. The second-order valence-electron chi connectivity index (χ2n) is 6.32. The van der Waals surface area contributed by atoms with Gasteiger partial charge in [-0.25, -0.2) is 9.48 Å². The second kappa shape index (κ2) is 6.57. The van der Waals surface area contributed by atoms with E-state index < -0.39 is 10.6 Å². The molecule has 0 saturated heterocycles. The van der Waals surface area contributed by atoms with Gasteiger partial charge in [0.05, 0.1) is 11.5 Å². The maximum Gasteiger partial charge on any atom is 0.316 e. The van der Waals surface area contributed by atoms with Crippen molar-refractivity contribution < 1.29 is 14.6 Å². The lowest BCUT2D eigenvalue weighted by atomic mass is 10.0. The summed E-state index contributed by atoms with van der Waals surface area (Å²) in [5, 5.41) is 24.3. The minimum Gasteiger partial charge on any atom is -0.346 e. The minimum atomic E-state index is -1.31. The highest BCUT2D eigenvalue weighted by molar-refractivity contribution is 8.13. The van der Waals surface area contributed by atoms with Crippen molar-refractivity contribution in [2.24, 2.45) is 0 Å². The molecule has 0 spiro atoms. The van der Waals surface area contributed by atoms with Crippen LogP contribution in [0.15, 0.2) is 48.5 Å². The van der Waals surface area contributed by atoms with Crippen LogP contribution in [0, 0.1) is 10.1 Å². The molecule has 0 saturated carbocycles. The lowest BCUT2D eigenvalue weighted by Gasteiger charge is -2.24. The van der Waals surface area contributed by atoms with Gasteiger partial charge in [0.25, 0.3) is 11.4 Å². The van der Waals surface area contributed by atoms with Crippen LogP contribution in [0.4, 0.5) is 11.4 Å². The maximum atomic E-state index is 11.6. The SMILES string of the molecule is O=[N+]([O-])c1cccc(C2(O)CN(c3ccc(Cl)cc3)C3=[N+]2CCCS3)c1. The van der Waals surface area contributed by atoms with Crippen LogP contribution in [0.5, 0.6) is 0 Å². The Morgan fingerprint density at radius 3 is 2.77 bits per heavy atom. The fourth-order valence-electron chi connectivity index (χ4n) is 3.44. The number of non-ortho nitro benzene ring substituents is 1. The van der Waals surface area contributed by atoms with Crippen molar-refractivity contribution in [2.45, 2.75) is 12.1 Å². The van der Waals surface area contributed by atoms with Crippen LogP contribution in [0.3, 0.4) is 0 Å². The quantitative estimate of drug-likeness (QED) is 0.494. The van der Waals surface area contributed by atoms with Gasteiger partial charge < -0.3 is 5.11 Å². The van der Waals surface area contributed by atoms with Crippen LogP contribution in [-0.2, 0) is 5.72 Å². The van der Waals surface area contributed by atoms with Gasteiger partial charge in [-0.2, -0.15) is 0 Å². The molecule has 0 aromatic heterocycles. The topological polar surface area (TPSA) is 69.6 Å². The van der Waals surface area contributed by atoms with Crippen molar-refractivity contribution in [1.82, 2.24) is 0 Å². The van der Waals surface area contributed by atoms with Crippen molar-refractivity contribution in [1.29, 1.82) is 0 Å². The van der Waals surface area contributed by atoms with Crippen molar-refractivity contribution in [3.63, 3.8) is 0 Å². The molecule has 4 rings (SSSR count). The Morgan fingerprint density at radius 1 is 1.27 bits per heavy atom. The molecule has 0 aliphatic carbocycles. The highest BCUT2D eigenvalue weighted by atomic mass is 35.5. The zero-order chi connectivity index (χ0) is 18.3. The second-order valence-corrected chi connectivity index (χ2v) is 7.82. The molecule has 2 aliphatic heterocycles. The third-order valence-electron chi connectivity index (χ3n) is 4.70. The van der Waals surface area contributed by atoms with Gasteiger partial charge in [0.2, 0.25) is 0 Å². The average Bonchev–Trinajstić information content (AvgIpc) is 2.97. The van der Waals surface area contributed by atoms with Crippen LogP contribution in [0.1, 0.15) is 12.0 Å². The third-order valence-corrected chi connectivity index (χ3v) is 6.15. The number of thioether (sulfide) groups is 1. The van der Waals surface area contributed by atoms with E-state index >= 15 is 0 Å². The van der Waals surface area contributed by atoms with Crippen molar-refractivity contribution >= 4 is 39.9 Å². The highest BCUT2D eigenvalue weighted by Gasteiger charge is 2.53. The first-order valence-electron chi connectivity index (χ1n) is 8.27. The summed E-state index contributed by atoms with van der Waals surface area (Å²) in [6.07, 6.45) is 0.944. The van der Waals surface area contributed by atoms with Gasteiger partial charge in [-0.3, -0.25) is 10.1 Å². The van der Waals surface area contributed by atoms with Gasteiger partial charge in [0.15, 0.2) is 6.54 Å². The summed E-state index contributed by atoms with van der Waals surface area (Å²) in [4.78, 5) is 12.8. The van der Waals surface area contributed by atoms with E-state index in [0.29, 0.717) is 23.7 Å². The molecule has 0 fully saturated rings. The van der Waals surface area contributed by atoms with Crippen LogP contribution >= 0.6 is 23.4 Å². The minimum absolute atomic E-state index is 0.0212. The predicted octanol–water partition coefficient (Wildman–Crippen LogP) is 3.42. The maximum absolute atomic E-state index is 11.6. The molecular formula is C18H17ClN3O3S+. The number of hydrogen-bond donors (Lipinski definition) is 1. The summed E-state index contributed by atoms with van der Waals surface area (Å²) in [6, 6.07) is 13.7. The summed E-state index contributed by atoms with van der Waals surface area (Å²) in [6.45, 7) is 1.00. The lowest BCUT2D eigenvalue weighted by molar-refractivity contribution is -0.656. The number of nitrogens with zero attached hydrogens (tertiary/aromatic N) is 3. The molecule has 0 radical (unpaired) electrons. The fourth-order valence-corrected chi connectivity index (χ4v) is 4.74. The number of nitro benzene ring substituents is 1. The normalized spacial score (nSPS) is 22.5. The van der Waals surface area contributed by atoms with Gasteiger partial charge in [-0.15, -0.1) is 0 Å².